The van der Waals surface area contributed by atoms with Crippen molar-refractivity contribution in [2.45, 2.75) is 6.42 Å². The molecule has 0 fully saturated rings. The summed E-state index contributed by atoms with van der Waals surface area (Å²) >= 11 is 4.11. The quantitative estimate of drug-likeness (QED) is 0.605. The molecule has 0 spiro atoms. The molecule has 0 atom stereocenters. The average molecular weight is 223 g/mol. The lowest BCUT2D eigenvalue weighted by molar-refractivity contribution is 0.157. The number of nitrogens with zero attached hydrogens (tertiary/aromatic N) is 1. The summed E-state index contributed by atoms with van der Waals surface area (Å²) in [4.78, 5) is 2.40. The van der Waals surface area contributed by atoms with Crippen molar-refractivity contribution in [3.05, 3.63) is 29.8 Å². The highest BCUT2D eigenvalue weighted by Crippen LogP contribution is 2.26. The van der Waals surface area contributed by atoms with Crippen molar-refractivity contribution in [2.24, 2.45) is 0 Å². The van der Waals surface area contributed by atoms with Crippen LogP contribution in [0.4, 0.5) is 5.69 Å². The predicted molar refractivity (Wildman–Crippen MR) is 67.0 cm³/mol. The summed E-state index contributed by atoms with van der Waals surface area (Å²) in [6.07, 6.45) is 1.17. The lowest BCUT2D eigenvalue weighted by Crippen LogP contribution is -2.25. The Balaban J connectivity index is 1.85. The van der Waals surface area contributed by atoms with Crippen molar-refractivity contribution in [3.63, 3.8) is 0 Å². The molecule has 0 aromatic heterocycles. The smallest absolute Gasteiger partial charge is 0.0642 e. The molecule has 82 valence electrons. The van der Waals surface area contributed by atoms with Crippen molar-refractivity contribution < 1.29 is 4.74 Å². The lowest BCUT2D eigenvalue weighted by Gasteiger charge is -2.18. The molecule has 0 radical (unpaired) electrons. The molecule has 1 aliphatic rings. The Morgan fingerprint density at radius 1 is 1.27 bits per heavy atom. The molecule has 0 N–H and O–H groups in total. The van der Waals surface area contributed by atoms with Crippen LogP contribution in [0.25, 0.3) is 0 Å². The van der Waals surface area contributed by atoms with Gasteiger partial charge in [0.15, 0.2) is 0 Å². The average Bonchev–Trinajstić information content (AvgIpc) is 2.68. The Labute approximate surface area is 96.6 Å². The number of thiol groups is 1. The second-order valence-corrected chi connectivity index (χ2v) is 4.15. The van der Waals surface area contributed by atoms with Gasteiger partial charge in [-0.05, 0) is 18.1 Å². The van der Waals surface area contributed by atoms with Crippen LogP contribution in [-0.2, 0) is 11.2 Å². The molecule has 15 heavy (non-hydrogen) atoms. The van der Waals surface area contributed by atoms with Crippen molar-refractivity contribution in [1.29, 1.82) is 0 Å². The van der Waals surface area contributed by atoms with Crippen LogP contribution in [0, 0.1) is 0 Å². The predicted octanol–water partition coefficient (Wildman–Crippen LogP) is 2.00. The van der Waals surface area contributed by atoms with Crippen LogP contribution in [0.2, 0.25) is 0 Å². The van der Waals surface area contributed by atoms with Crippen molar-refractivity contribution in [1.82, 2.24) is 0 Å². The number of para-hydroxylation sites is 1. The first-order valence-electron chi connectivity index (χ1n) is 5.43. The van der Waals surface area contributed by atoms with E-state index in [2.05, 4.69) is 41.8 Å². The maximum Gasteiger partial charge on any atom is 0.0642 e. The highest BCUT2D eigenvalue weighted by molar-refractivity contribution is 7.80. The van der Waals surface area contributed by atoms with Gasteiger partial charge >= 0.3 is 0 Å². The Bertz CT molecular complexity index is 316. The molecule has 0 saturated carbocycles. The van der Waals surface area contributed by atoms with Crippen LogP contribution >= 0.6 is 12.6 Å². The van der Waals surface area contributed by atoms with E-state index in [1.54, 1.807) is 0 Å². The van der Waals surface area contributed by atoms with Gasteiger partial charge in [-0.2, -0.15) is 12.6 Å². The van der Waals surface area contributed by atoms with Crippen LogP contribution in [0.5, 0.6) is 0 Å². The van der Waals surface area contributed by atoms with Crippen LogP contribution < -0.4 is 4.90 Å². The molecule has 1 aliphatic heterocycles. The van der Waals surface area contributed by atoms with Gasteiger partial charge in [0, 0.05) is 24.5 Å². The molecule has 2 rings (SSSR count). The van der Waals surface area contributed by atoms with E-state index in [0.717, 1.165) is 32.1 Å². The number of hydrogen-bond donors (Lipinski definition) is 1. The van der Waals surface area contributed by atoms with Gasteiger partial charge in [0.1, 0.15) is 0 Å². The largest absolute Gasteiger partial charge is 0.379 e. The normalized spacial score (nSPS) is 14.3. The van der Waals surface area contributed by atoms with Crippen molar-refractivity contribution >= 4 is 18.3 Å². The van der Waals surface area contributed by atoms with E-state index in [1.807, 2.05) is 0 Å². The first-order valence-corrected chi connectivity index (χ1v) is 6.06. The fraction of sp³-hybridized carbons (Fsp3) is 0.500. The summed E-state index contributed by atoms with van der Waals surface area (Å²) in [6.45, 7) is 3.67. The molecular weight excluding hydrogens is 206 g/mol. The number of fused-ring (bicyclic) bond motifs is 1. The summed E-state index contributed by atoms with van der Waals surface area (Å²) in [5.74, 6) is 0.802. The molecule has 0 saturated heterocycles. The molecule has 1 heterocycles. The number of ether oxygens (including phenoxy) is 1. The molecule has 2 nitrogen and oxygen atoms in total. The second-order valence-electron chi connectivity index (χ2n) is 3.70. The zero-order valence-corrected chi connectivity index (χ0v) is 9.75. The number of hydrogen-bond acceptors (Lipinski definition) is 3. The minimum Gasteiger partial charge on any atom is -0.379 e. The fourth-order valence-electron chi connectivity index (χ4n) is 1.98. The van der Waals surface area contributed by atoms with E-state index < -0.39 is 0 Å². The third kappa shape index (κ3) is 2.67. The first-order chi connectivity index (χ1) is 7.42. The van der Waals surface area contributed by atoms with Crippen LogP contribution in [0.15, 0.2) is 24.3 Å². The maximum atomic E-state index is 5.44. The second kappa shape index (κ2) is 5.42. The monoisotopic (exact) mass is 223 g/mol. The molecule has 0 amide bonds. The molecule has 1 aromatic rings. The number of anilines is 1. The van der Waals surface area contributed by atoms with Gasteiger partial charge in [-0.3, -0.25) is 0 Å². The summed E-state index contributed by atoms with van der Waals surface area (Å²) in [5, 5.41) is 0. The van der Waals surface area contributed by atoms with Gasteiger partial charge in [0.25, 0.3) is 0 Å². The Morgan fingerprint density at radius 3 is 3.00 bits per heavy atom. The van der Waals surface area contributed by atoms with Gasteiger partial charge in [0.2, 0.25) is 0 Å². The van der Waals surface area contributed by atoms with Gasteiger partial charge in [-0.1, -0.05) is 18.2 Å². The van der Waals surface area contributed by atoms with Gasteiger partial charge in [-0.15, -0.1) is 0 Å². The SMILES string of the molecule is SCCOCCN1CCc2ccccc21. The molecule has 0 bridgehead atoms. The Kier molecular flexibility index (Phi) is 3.92. The molecule has 3 heteroatoms. The minimum atomic E-state index is 0.749. The third-order valence-electron chi connectivity index (χ3n) is 2.72. The first kappa shape index (κ1) is 10.8. The van der Waals surface area contributed by atoms with Crippen molar-refractivity contribution in [3.8, 4) is 0 Å². The summed E-state index contributed by atoms with van der Waals surface area (Å²) in [6, 6.07) is 8.62. The maximum absolute atomic E-state index is 5.44. The third-order valence-corrected chi connectivity index (χ3v) is 2.91. The molecule has 0 unspecified atom stereocenters. The summed E-state index contributed by atoms with van der Waals surface area (Å²) in [5.41, 5.74) is 2.85. The fourth-order valence-corrected chi connectivity index (χ4v) is 2.11. The lowest BCUT2D eigenvalue weighted by atomic mass is 10.2. The topological polar surface area (TPSA) is 12.5 Å². The standard InChI is InChI=1S/C12H17NOS/c15-10-9-14-8-7-13-6-5-11-3-1-2-4-12(11)13/h1-4,15H,5-10H2. The Morgan fingerprint density at radius 2 is 2.13 bits per heavy atom. The van der Waals surface area contributed by atoms with Gasteiger partial charge in [0.05, 0.1) is 13.2 Å². The van der Waals surface area contributed by atoms with E-state index in [1.165, 1.54) is 17.7 Å². The van der Waals surface area contributed by atoms with E-state index in [-0.39, 0.29) is 0 Å². The van der Waals surface area contributed by atoms with E-state index in [9.17, 15) is 0 Å². The summed E-state index contributed by atoms with van der Waals surface area (Å²) < 4.78 is 5.44. The van der Waals surface area contributed by atoms with E-state index in [0.29, 0.717) is 0 Å². The van der Waals surface area contributed by atoms with Crippen LogP contribution in [-0.4, -0.2) is 32.1 Å². The van der Waals surface area contributed by atoms with Crippen LogP contribution in [0.1, 0.15) is 5.56 Å². The minimum absolute atomic E-state index is 0.749. The summed E-state index contributed by atoms with van der Waals surface area (Å²) in [7, 11) is 0. The highest BCUT2D eigenvalue weighted by Gasteiger charge is 2.17. The molecular formula is C12H17NOS. The zero-order valence-electron chi connectivity index (χ0n) is 8.85. The highest BCUT2D eigenvalue weighted by atomic mass is 32.1. The van der Waals surface area contributed by atoms with E-state index in [4.69, 9.17) is 4.74 Å². The molecule has 1 aromatic carbocycles. The molecule has 0 aliphatic carbocycles. The zero-order chi connectivity index (χ0) is 10.5. The van der Waals surface area contributed by atoms with E-state index >= 15 is 0 Å². The Hall–Kier alpha value is -0.670. The van der Waals surface area contributed by atoms with Gasteiger partial charge < -0.3 is 9.64 Å². The number of rotatable bonds is 5. The van der Waals surface area contributed by atoms with Crippen molar-refractivity contribution in [2.75, 3.05) is 37.0 Å². The van der Waals surface area contributed by atoms with Gasteiger partial charge in [-0.25, -0.2) is 0 Å². The number of benzene rings is 1. The van der Waals surface area contributed by atoms with Crippen LogP contribution in [0.3, 0.4) is 0 Å².